The Kier molecular flexibility index (Phi) is 5.74. The van der Waals surface area contributed by atoms with Crippen LogP contribution in [0.3, 0.4) is 0 Å². The summed E-state index contributed by atoms with van der Waals surface area (Å²) in [5, 5.41) is 7.69. The van der Waals surface area contributed by atoms with Crippen LogP contribution in [0.1, 0.15) is 18.5 Å². The van der Waals surface area contributed by atoms with E-state index in [1.807, 2.05) is 18.2 Å². The number of ether oxygens (including phenoxy) is 1. The van der Waals surface area contributed by atoms with Crippen molar-refractivity contribution in [3.63, 3.8) is 0 Å². The van der Waals surface area contributed by atoms with E-state index in [0.29, 0.717) is 25.1 Å². The lowest BCUT2D eigenvalue weighted by molar-refractivity contribution is 0.0225. The molecule has 1 aliphatic heterocycles. The van der Waals surface area contributed by atoms with Crippen LogP contribution in [0.2, 0.25) is 0 Å². The molecule has 1 aromatic heterocycles. The van der Waals surface area contributed by atoms with E-state index in [1.54, 1.807) is 0 Å². The number of morpholine rings is 1. The van der Waals surface area contributed by atoms with Crippen molar-refractivity contribution in [2.24, 2.45) is 5.73 Å². The molecule has 6 nitrogen and oxygen atoms in total. The quantitative estimate of drug-likeness (QED) is 0.714. The third-order valence-electron chi connectivity index (χ3n) is 4.05. The fourth-order valence-corrected chi connectivity index (χ4v) is 2.90. The Morgan fingerprint density at radius 3 is 3.04 bits per heavy atom. The minimum atomic E-state index is 0.326. The molecular weight excluding hydrogens is 290 g/mol. The fraction of sp³-hybridized carbons (Fsp3) is 0.529. The van der Waals surface area contributed by atoms with Crippen molar-refractivity contribution >= 4 is 16.9 Å². The van der Waals surface area contributed by atoms with Gasteiger partial charge >= 0.3 is 0 Å². The molecule has 1 saturated heterocycles. The van der Waals surface area contributed by atoms with Crippen molar-refractivity contribution in [2.75, 3.05) is 38.1 Å². The van der Waals surface area contributed by atoms with E-state index in [-0.39, 0.29) is 0 Å². The number of rotatable bonds is 7. The van der Waals surface area contributed by atoms with Gasteiger partial charge in [-0.2, -0.15) is 0 Å². The average molecular weight is 315 g/mol. The SMILES string of the molecule is NCCNc1nc(CCCC2CNCCO2)c2ccccc2n1. The van der Waals surface area contributed by atoms with Crippen LogP contribution in [-0.2, 0) is 11.2 Å². The summed E-state index contributed by atoms with van der Waals surface area (Å²) in [5.41, 5.74) is 7.63. The van der Waals surface area contributed by atoms with Gasteiger partial charge in [-0.3, -0.25) is 0 Å². The van der Waals surface area contributed by atoms with Crippen molar-refractivity contribution in [3.05, 3.63) is 30.0 Å². The zero-order valence-electron chi connectivity index (χ0n) is 13.4. The highest BCUT2D eigenvalue weighted by Gasteiger charge is 2.14. The summed E-state index contributed by atoms with van der Waals surface area (Å²) in [6.07, 6.45) is 3.37. The van der Waals surface area contributed by atoms with E-state index in [0.717, 1.165) is 55.6 Å². The van der Waals surface area contributed by atoms with E-state index in [9.17, 15) is 0 Å². The van der Waals surface area contributed by atoms with Crippen LogP contribution < -0.4 is 16.4 Å². The number of para-hydroxylation sites is 1. The highest BCUT2D eigenvalue weighted by Crippen LogP contribution is 2.20. The van der Waals surface area contributed by atoms with Gasteiger partial charge in [0.1, 0.15) is 0 Å². The van der Waals surface area contributed by atoms with Gasteiger partial charge in [0.2, 0.25) is 5.95 Å². The van der Waals surface area contributed by atoms with E-state index in [1.165, 1.54) is 0 Å². The van der Waals surface area contributed by atoms with Crippen LogP contribution in [0.25, 0.3) is 10.9 Å². The summed E-state index contributed by atoms with van der Waals surface area (Å²) >= 11 is 0. The molecule has 0 aliphatic carbocycles. The first-order valence-corrected chi connectivity index (χ1v) is 8.39. The first-order chi connectivity index (χ1) is 11.4. The smallest absolute Gasteiger partial charge is 0.223 e. The van der Waals surface area contributed by atoms with Crippen LogP contribution in [0.5, 0.6) is 0 Å². The molecule has 4 N–H and O–H groups in total. The predicted octanol–water partition coefficient (Wildman–Crippen LogP) is 1.31. The number of hydrogen-bond donors (Lipinski definition) is 3. The van der Waals surface area contributed by atoms with E-state index in [4.69, 9.17) is 10.5 Å². The lowest BCUT2D eigenvalue weighted by Gasteiger charge is -2.23. The van der Waals surface area contributed by atoms with E-state index < -0.39 is 0 Å². The number of hydrogen-bond acceptors (Lipinski definition) is 6. The number of nitrogens with two attached hydrogens (primary N) is 1. The number of nitrogens with one attached hydrogen (secondary N) is 2. The number of nitrogens with zero attached hydrogens (tertiary/aromatic N) is 2. The van der Waals surface area contributed by atoms with Gasteiger partial charge in [0.15, 0.2) is 0 Å². The average Bonchev–Trinajstić information content (AvgIpc) is 2.61. The standard InChI is InChI=1S/C17H25N5O/c18-8-9-20-17-21-15-6-2-1-5-14(15)16(22-17)7-3-4-13-12-19-10-11-23-13/h1-2,5-6,13,19H,3-4,7-12,18H2,(H,20,21,22). The summed E-state index contributed by atoms with van der Waals surface area (Å²) in [5.74, 6) is 0.666. The zero-order chi connectivity index (χ0) is 15.9. The molecule has 6 heteroatoms. The van der Waals surface area contributed by atoms with Crippen molar-refractivity contribution < 1.29 is 4.74 Å². The summed E-state index contributed by atoms with van der Waals surface area (Å²) < 4.78 is 5.76. The van der Waals surface area contributed by atoms with Crippen LogP contribution in [0.4, 0.5) is 5.95 Å². The second-order valence-electron chi connectivity index (χ2n) is 5.82. The molecule has 0 radical (unpaired) electrons. The minimum absolute atomic E-state index is 0.326. The Morgan fingerprint density at radius 1 is 1.30 bits per heavy atom. The molecule has 1 atom stereocenters. The topological polar surface area (TPSA) is 85.1 Å². The third kappa shape index (κ3) is 4.37. The Balaban J connectivity index is 1.69. The molecule has 2 aromatic rings. The van der Waals surface area contributed by atoms with Crippen molar-refractivity contribution in [2.45, 2.75) is 25.4 Å². The maximum absolute atomic E-state index is 5.76. The van der Waals surface area contributed by atoms with Crippen molar-refractivity contribution in [1.82, 2.24) is 15.3 Å². The lowest BCUT2D eigenvalue weighted by Crippen LogP contribution is -2.38. The highest BCUT2D eigenvalue weighted by molar-refractivity contribution is 5.81. The molecule has 0 bridgehead atoms. The number of aromatic nitrogens is 2. The Labute approximate surface area is 136 Å². The Hall–Kier alpha value is -1.76. The van der Waals surface area contributed by atoms with Crippen LogP contribution >= 0.6 is 0 Å². The zero-order valence-corrected chi connectivity index (χ0v) is 13.4. The van der Waals surface area contributed by atoms with Crippen LogP contribution in [0, 0.1) is 0 Å². The van der Waals surface area contributed by atoms with Gasteiger partial charge in [0.25, 0.3) is 0 Å². The van der Waals surface area contributed by atoms with E-state index >= 15 is 0 Å². The number of aryl methyl sites for hydroxylation is 1. The van der Waals surface area contributed by atoms with Gasteiger partial charge < -0.3 is 21.1 Å². The third-order valence-corrected chi connectivity index (χ3v) is 4.05. The van der Waals surface area contributed by atoms with Gasteiger partial charge in [-0.1, -0.05) is 18.2 Å². The maximum atomic E-state index is 5.76. The molecule has 0 amide bonds. The van der Waals surface area contributed by atoms with Gasteiger partial charge in [0.05, 0.1) is 23.9 Å². The molecule has 0 saturated carbocycles. The summed E-state index contributed by atoms with van der Waals surface area (Å²) in [6.45, 7) is 3.97. The summed E-state index contributed by atoms with van der Waals surface area (Å²) in [4.78, 5) is 9.25. The molecule has 1 fully saturated rings. The maximum Gasteiger partial charge on any atom is 0.223 e. The van der Waals surface area contributed by atoms with Crippen LogP contribution in [-0.4, -0.2) is 48.9 Å². The Bertz CT molecular complexity index is 627. The summed E-state index contributed by atoms with van der Waals surface area (Å²) in [6, 6.07) is 8.17. The Morgan fingerprint density at radius 2 is 2.22 bits per heavy atom. The normalized spacial score (nSPS) is 18.2. The number of benzene rings is 1. The first kappa shape index (κ1) is 16.1. The van der Waals surface area contributed by atoms with E-state index in [2.05, 4.69) is 26.7 Å². The lowest BCUT2D eigenvalue weighted by atomic mass is 10.1. The van der Waals surface area contributed by atoms with Crippen LogP contribution in [0.15, 0.2) is 24.3 Å². The first-order valence-electron chi connectivity index (χ1n) is 8.39. The molecule has 124 valence electrons. The second kappa shape index (κ2) is 8.19. The number of anilines is 1. The molecule has 23 heavy (non-hydrogen) atoms. The summed E-state index contributed by atoms with van der Waals surface area (Å²) in [7, 11) is 0. The molecule has 0 spiro atoms. The van der Waals surface area contributed by atoms with Crippen molar-refractivity contribution in [3.8, 4) is 0 Å². The molecule has 2 heterocycles. The van der Waals surface area contributed by atoms with Gasteiger partial charge in [-0.05, 0) is 25.3 Å². The molecule has 3 rings (SSSR count). The van der Waals surface area contributed by atoms with Gasteiger partial charge in [-0.15, -0.1) is 0 Å². The molecular formula is C17H25N5O. The highest BCUT2D eigenvalue weighted by atomic mass is 16.5. The van der Waals surface area contributed by atoms with Gasteiger partial charge in [0, 0.05) is 31.6 Å². The minimum Gasteiger partial charge on any atom is -0.376 e. The molecule has 1 unspecified atom stereocenters. The predicted molar refractivity (Wildman–Crippen MR) is 92.6 cm³/mol. The number of fused-ring (bicyclic) bond motifs is 1. The monoisotopic (exact) mass is 315 g/mol. The van der Waals surface area contributed by atoms with Crippen molar-refractivity contribution in [1.29, 1.82) is 0 Å². The fourth-order valence-electron chi connectivity index (χ4n) is 2.90. The van der Waals surface area contributed by atoms with Gasteiger partial charge in [-0.25, -0.2) is 9.97 Å². The second-order valence-corrected chi connectivity index (χ2v) is 5.82. The largest absolute Gasteiger partial charge is 0.376 e. The molecule has 1 aliphatic rings. The molecule has 1 aromatic carbocycles.